The van der Waals surface area contributed by atoms with E-state index in [1.807, 2.05) is 0 Å². The molecule has 4 nitrogen and oxygen atoms in total. The van der Waals surface area contributed by atoms with Crippen molar-refractivity contribution in [2.24, 2.45) is 0 Å². The first-order valence-electron chi connectivity index (χ1n) is 7.01. The number of carbonyl (C=O) groups is 1. The Labute approximate surface area is 136 Å². The van der Waals surface area contributed by atoms with Gasteiger partial charge in [0.2, 0.25) is 0 Å². The minimum Gasteiger partial charge on any atom is -0.487 e. The molecule has 0 amide bonds. The summed E-state index contributed by atoms with van der Waals surface area (Å²) in [7, 11) is 1.23. The Morgan fingerprint density at radius 1 is 1.12 bits per heavy atom. The average Bonchev–Trinajstić information content (AvgIpc) is 2.53. The number of esters is 1. The highest BCUT2D eigenvalue weighted by atomic mass is 19.1. The standard InChI is InChI=1S/C17H15F3O4/c1-23-17(22)7-10-2-5-16(14(20)6-10)24-9-15(21)12-4-3-11(18)8-13(12)19/h2-6,8,15,21H,7,9H2,1H3. The van der Waals surface area contributed by atoms with Crippen LogP contribution in [0.15, 0.2) is 36.4 Å². The molecule has 0 aliphatic heterocycles. The average molecular weight is 340 g/mol. The lowest BCUT2D eigenvalue weighted by Gasteiger charge is -2.14. The molecule has 1 unspecified atom stereocenters. The van der Waals surface area contributed by atoms with E-state index in [1.54, 1.807) is 0 Å². The molecular formula is C17H15F3O4. The molecule has 128 valence electrons. The SMILES string of the molecule is COC(=O)Cc1ccc(OCC(O)c2ccc(F)cc2F)c(F)c1. The third-order valence-corrected chi connectivity index (χ3v) is 3.29. The maximum Gasteiger partial charge on any atom is 0.309 e. The highest BCUT2D eigenvalue weighted by Crippen LogP contribution is 2.23. The smallest absolute Gasteiger partial charge is 0.309 e. The number of rotatable bonds is 6. The van der Waals surface area contributed by atoms with Gasteiger partial charge >= 0.3 is 5.97 Å². The number of halogens is 3. The fourth-order valence-corrected chi connectivity index (χ4v) is 2.04. The second kappa shape index (κ2) is 7.83. The molecule has 0 spiro atoms. The van der Waals surface area contributed by atoms with Crippen molar-refractivity contribution in [3.63, 3.8) is 0 Å². The molecule has 0 aliphatic carbocycles. The monoisotopic (exact) mass is 340 g/mol. The summed E-state index contributed by atoms with van der Waals surface area (Å²) in [5.41, 5.74) is 0.246. The molecule has 0 saturated carbocycles. The van der Waals surface area contributed by atoms with Crippen molar-refractivity contribution in [2.45, 2.75) is 12.5 Å². The first kappa shape index (κ1) is 17.8. The van der Waals surface area contributed by atoms with Gasteiger partial charge in [-0.1, -0.05) is 12.1 Å². The van der Waals surface area contributed by atoms with Crippen molar-refractivity contribution in [3.8, 4) is 5.75 Å². The van der Waals surface area contributed by atoms with Crippen LogP contribution in [0.4, 0.5) is 13.2 Å². The highest BCUT2D eigenvalue weighted by molar-refractivity contribution is 5.72. The summed E-state index contributed by atoms with van der Waals surface area (Å²) in [6.45, 7) is -0.421. The molecule has 2 aromatic carbocycles. The van der Waals surface area contributed by atoms with E-state index >= 15 is 0 Å². The van der Waals surface area contributed by atoms with Crippen LogP contribution < -0.4 is 4.74 Å². The number of benzene rings is 2. The van der Waals surface area contributed by atoms with Crippen molar-refractivity contribution < 1.29 is 32.5 Å². The number of aliphatic hydroxyl groups excluding tert-OH is 1. The summed E-state index contributed by atoms with van der Waals surface area (Å²) < 4.78 is 49.9. The first-order chi connectivity index (χ1) is 11.4. The normalized spacial score (nSPS) is 11.9. The molecule has 1 N–H and O–H groups in total. The lowest BCUT2D eigenvalue weighted by Crippen LogP contribution is -2.12. The van der Waals surface area contributed by atoms with Crippen LogP contribution in [0, 0.1) is 17.5 Å². The van der Waals surface area contributed by atoms with E-state index in [2.05, 4.69) is 4.74 Å². The minimum atomic E-state index is -1.39. The molecular weight excluding hydrogens is 325 g/mol. The van der Waals surface area contributed by atoms with Crippen LogP contribution in [0.1, 0.15) is 17.2 Å². The van der Waals surface area contributed by atoms with Gasteiger partial charge in [-0.3, -0.25) is 4.79 Å². The number of hydrogen-bond acceptors (Lipinski definition) is 4. The summed E-state index contributed by atoms with van der Waals surface area (Å²) in [5, 5.41) is 9.88. The Balaban J connectivity index is 2.02. The molecule has 0 heterocycles. The van der Waals surface area contributed by atoms with E-state index in [1.165, 1.54) is 19.2 Å². The number of methoxy groups -OCH3 is 1. The van der Waals surface area contributed by atoms with Gasteiger partial charge in [0.15, 0.2) is 11.6 Å². The van der Waals surface area contributed by atoms with E-state index in [9.17, 15) is 23.1 Å². The van der Waals surface area contributed by atoms with Gasteiger partial charge in [0, 0.05) is 11.6 Å². The maximum atomic E-state index is 13.9. The highest BCUT2D eigenvalue weighted by Gasteiger charge is 2.16. The quantitative estimate of drug-likeness (QED) is 0.822. The Bertz CT molecular complexity index is 734. The van der Waals surface area contributed by atoms with Gasteiger partial charge in [0.25, 0.3) is 0 Å². The van der Waals surface area contributed by atoms with E-state index in [-0.39, 0.29) is 17.7 Å². The number of hydrogen-bond donors (Lipinski definition) is 1. The number of ether oxygens (including phenoxy) is 2. The number of aliphatic hydroxyl groups is 1. The van der Waals surface area contributed by atoms with Crippen molar-refractivity contribution in [1.82, 2.24) is 0 Å². The summed E-state index contributed by atoms with van der Waals surface area (Å²) in [6, 6.07) is 6.61. The van der Waals surface area contributed by atoms with Gasteiger partial charge in [-0.05, 0) is 23.8 Å². The van der Waals surface area contributed by atoms with Gasteiger partial charge < -0.3 is 14.6 Å². The lowest BCUT2D eigenvalue weighted by molar-refractivity contribution is -0.139. The van der Waals surface area contributed by atoms with E-state index in [0.717, 1.165) is 18.2 Å². The Hall–Kier alpha value is -2.54. The zero-order valence-corrected chi connectivity index (χ0v) is 12.8. The van der Waals surface area contributed by atoms with Crippen molar-refractivity contribution in [3.05, 3.63) is 65.0 Å². The molecule has 0 aliphatic rings. The summed E-state index contributed by atoms with van der Waals surface area (Å²) >= 11 is 0. The Morgan fingerprint density at radius 2 is 1.88 bits per heavy atom. The van der Waals surface area contributed by atoms with Gasteiger partial charge in [0.1, 0.15) is 24.3 Å². The van der Waals surface area contributed by atoms with Crippen LogP contribution in [0.3, 0.4) is 0 Å². The fourth-order valence-electron chi connectivity index (χ4n) is 2.04. The van der Waals surface area contributed by atoms with Crippen LogP contribution in [0.25, 0.3) is 0 Å². The largest absolute Gasteiger partial charge is 0.487 e. The Kier molecular flexibility index (Phi) is 5.81. The van der Waals surface area contributed by atoms with Crippen molar-refractivity contribution >= 4 is 5.97 Å². The van der Waals surface area contributed by atoms with Gasteiger partial charge in [-0.25, -0.2) is 13.2 Å². The first-order valence-corrected chi connectivity index (χ1v) is 7.01. The van der Waals surface area contributed by atoms with Crippen LogP contribution in [-0.4, -0.2) is 24.8 Å². The summed E-state index contributed by atoms with van der Waals surface area (Å²) in [5.74, 6) is -3.09. The zero-order chi connectivity index (χ0) is 17.7. The fraction of sp³-hybridized carbons (Fsp3) is 0.235. The Morgan fingerprint density at radius 3 is 2.50 bits per heavy atom. The lowest BCUT2D eigenvalue weighted by atomic mass is 10.1. The zero-order valence-electron chi connectivity index (χ0n) is 12.8. The maximum absolute atomic E-state index is 13.9. The van der Waals surface area contributed by atoms with Gasteiger partial charge in [0.05, 0.1) is 13.5 Å². The molecule has 7 heteroatoms. The second-order valence-corrected chi connectivity index (χ2v) is 5.01. The van der Waals surface area contributed by atoms with E-state index in [0.29, 0.717) is 11.6 Å². The molecule has 0 bridgehead atoms. The molecule has 0 radical (unpaired) electrons. The van der Waals surface area contributed by atoms with Gasteiger partial charge in [-0.15, -0.1) is 0 Å². The van der Waals surface area contributed by atoms with Crippen molar-refractivity contribution in [1.29, 1.82) is 0 Å². The van der Waals surface area contributed by atoms with Crippen LogP contribution in [0.2, 0.25) is 0 Å². The predicted octanol–water partition coefficient (Wildman–Crippen LogP) is 2.93. The van der Waals surface area contributed by atoms with Crippen molar-refractivity contribution in [2.75, 3.05) is 13.7 Å². The number of carbonyl (C=O) groups excluding carboxylic acids is 1. The third kappa shape index (κ3) is 4.48. The third-order valence-electron chi connectivity index (χ3n) is 3.29. The molecule has 0 aromatic heterocycles. The van der Waals surface area contributed by atoms with E-state index < -0.39 is 36.1 Å². The molecule has 24 heavy (non-hydrogen) atoms. The van der Waals surface area contributed by atoms with Crippen LogP contribution >= 0.6 is 0 Å². The van der Waals surface area contributed by atoms with E-state index in [4.69, 9.17) is 4.74 Å². The molecule has 2 rings (SSSR count). The second-order valence-electron chi connectivity index (χ2n) is 5.01. The molecule has 0 saturated heterocycles. The summed E-state index contributed by atoms with van der Waals surface area (Å²) in [6.07, 6.45) is -1.48. The topological polar surface area (TPSA) is 55.8 Å². The minimum absolute atomic E-state index is 0.0862. The predicted molar refractivity (Wildman–Crippen MR) is 78.9 cm³/mol. The van der Waals surface area contributed by atoms with Gasteiger partial charge in [-0.2, -0.15) is 0 Å². The van der Waals surface area contributed by atoms with Crippen LogP contribution in [0.5, 0.6) is 5.75 Å². The molecule has 0 fully saturated rings. The molecule has 1 atom stereocenters. The molecule has 2 aromatic rings. The van der Waals surface area contributed by atoms with Crippen LogP contribution in [-0.2, 0) is 16.0 Å². The summed E-state index contributed by atoms with van der Waals surface area (Å²) in [4.78, 5) is 11.1.